The van der Waals surface area contributed by atoms with Gasteiger partial charge in [-0.2, -0.15) is 0 Å². The van der Waals surface area contributed by atoms with Crippen LogP contribution >= 0.6 is 0 Å². The van der Waals surface area contributed by atoms with E-state index in [2.05, 4.69) is 0 Å². The first-order chi connectivity index (χ1) is 8.65. The van der Waals surface area contributed by atoms with Crippen molar-refractivity contribution < 1.29 is 24.2 Å². The molecule has 0 saturated heterocycles. The molecule has 1 aromatic rings. The van der Waals surface area contributed by atoms with Crippen molar-refractivity contribution in [2.24, 2.45) is 0 Å². The Bertz CT molecular complexity index is 454. The molecule has 0 aliphatic carbocycles. The summed E-state index contributed by atoms with van der Waals surface area (Å²) < 4.78 is 10.6. The van der Waals surface area contributed by atoms with Gasteiger partial charge in [-0.05, 0) is 18.1 Å². The lowest BCUT2D eigenvalue weighted by atomic mass is 10.1. The molecule has 1 atom stereocenters. The van der Waals surface area contributed by atoms with Crippen LogP contribution in [0.2, 0.25) is 0 Å². The number of aryl methyl sites for hydroxylation is 1. The zero-order valence-electron chi connectivity index (χ0n) is 9.80. The molecule has 1 unspecified atom stereocenters. The molecule has 0 spiro atoms. The molecule has 0 saturated carbocycles. The number of fused-ring (bicyclic) bond motifs is 1. The highest BCUT2D eigenvalue weighted by atomic mass is 16.7. The van der Waals surface area contributed by atoms with E-state index in [9.17, 15) is 9.59 Å². The van der Waals surface area contributed by atoms with Gasteiger partial charge in [0.2, 0.25) is 6.29 Å². The topological polar surface area (TPSA) is 72.8 Å². The molecule has 18 heavy (non-hydrogen) atoms. The molecule has 0 bridgehead atoms. The second-order valence-electron chi connectivity index (χ2n) is 4.08. The molecule has 0 amide bonds. The maximum atomic E-state index is 11.4. The lowest BCUT2D eigenvalue weighted by Crippen LogP contribution is -2.28. The Hall–Kier alpha value is -2.04. The van der Waals surface area contributed by atoms with Crippen molar-refractivity contribution in [1.29, 1.82) is 0 Å². The first-order valence-electron chi connectivity index (χ1n) is 5.81. The van der Waals surface area contributed by atoms with Crippen molar-refractivity contribution in [3.05, 3.63) is 29.8 Å². The number of aliphatic carboxylic acids is 1. The minimum Gasteiger partial charge on any atom is -0.481 e. The summed E-state index contributed by atoms with van der Waals surface area (Å²) in [6.45, 7) is 0. The van der Waals surface area contributed by atoms with Gasteiger partial charge in [0.15, 0.2) is 0 Å². The van der Waals surface area contributed by atoms with Gasteiger partial charge in [0.1, 0.15) is 5.75 Å². The van der Waals surface area contributed by atoms with Gasteiger partial charge in [0.25, 0.3) is 0 Å². The smallest absolute Gasteiger partial charge is 0.309 e. The van der Waals surface area contributed by atoms with Crippen molar-refractivity contribution >= 4 is 11.9 Å². The third kappa shape index (κ3) is 3.23. The highest BCUT2D eigenvalue weighted by Crippen LogP contribution is 2.27. The minimum absolute atomic E-state index is 0.128. The summed E-state index contributed by atoms with van der Waals surface area (Å²) in [5.74, 6) is -0.830. The van der Waals surface area contributed by atoms with Crippen LogP contribution in [0.5, 0.6) is 5.75 Å². The predicted molar refractivity (Wildman–Crippen MR) is 62.1 cm³/mol. The second kappa shape index (κ2) is 5.53. The zero-order chi connectivity index (χ0) is 13.0. The van der Waals surface area contributed by atoms with Gasteiger partial charge >= 0.3 is 11.9 Å². The number of hydrogen-bond donors (Lipinski definition) is 1. The first kappa shape index (κ1) is 12.4. The molecule has 1 aromatic carbocycles. The number of carboxylic acids is 1. The lowest BCUT2D eigenvalue weighted by molar-refractivity contribution is -0.167. The molecule has 0 fully saturated rings. The molecular weight excluding hydrogens is 236 g/mol. The standard InChI is InChI=1S/C13H14O5/c14-11(15)6-7-12(16)18-13-8-5-9-3-1-2-4-10(9)17-13/h1-4,13H,5-8H2,(H,14,15). The number of para-hydroxylation sites is 1. The summed E-state index contributed by atoms with van der Waals surface area (Å²) in [5, 5.41) is 8.46. The van der Waals surface area contributed by atoms with Crippen molar-refractivity contribution in [3.8, 4) is 5.75 Å². The van der Waals surface area contributed by atoms with E-state index in [1.165, 1.54) is 0 Å². The van der Waals surface area contributed by atoms with E-state index >= 15 is 0 Å². The van der Waals surface area contributed by atoms with Gasteiger partial charge in [-0.25, -0.2) is 0 Å². The fraction of sp³-hybridized carbons (Fsp3) is 0.385. The molecule has 5 nitrogen and oxygen atoms in total. The zero-order valence-corrected chi connectivity index (χ0v) is 9.80. The van der Waals surface area contributed by atoms with Crippen LogP contribution in [0.4, 0.5) is 0 Å². The van der Waals surface area contributed by atoms with E-state index in [4.69, 9.17) is 14.6 Å². The van der Waals surface area contributed by atoms with Crippen LogP contribution in [-0.2, 0) is 20.7 Å². The lowest BCUT2D eigenvalue weighted by Gasteiger charge is -2.25. The summed E-state index contributed by atoms with van der Waals surface area (Å²) in [6, 6.07) is 7.58. The van der Waals surface area contributed by atoms with E-state index in [1.54, 1.807) is 0 Å². The fourth-order valence-corrected chi connectivity index (χ4v) is 1.80. The predicted octanol–water partition coefficient (Wildman–Crippen LogP) is 1.75. The van der Waals surface area contributed by atoms with Crippen LogP contribution < -0.4 is 4.74 Å². The van der Waals surface area contributed by atoms with Crippen molar-refractivity contribution in [3.63, 3.8) is 0 Å². The Labute approximate surface area is 104 Å². The van der Waals surface area contributed by atoms with Gasteiger partial charge in [-0.3, -0.25) is 9.59 Å². The van der Waals surface area contributed by atoms with E-state index < -0.39 is 18.2 Å². The molecule has 1 aliphatic rings. The normalized spacial score (nSPS) is 17.4. The van der Waals surface area contributed by atoms with Gasteiger partial charge in [-0.15, -0.1) is 0 Å². The number of hydrogen-bond acceptors (Lipinski definition) is 4. The highest BCUT2D eigenvalue weighted by molar-refractivity contribution is 5.76. The number of benzene rings is 1. The Kier molecular flexibility index (Phi) is 3.82. The van der Waals surface area contributed by atoms with E-state index in [-0.39, 0.29) is 12.8 Å². The largest absolute Gasteiger partial charge is 0.481 e. The van der Waals surface area contributed by atoms with Crippen LogP contribution in [0.1, 0.15) is 24.8 Å². The molecule has 1 N–H and O–H groups in total. The first-order valence-corrected chi connectivity index (χ1v) is 5.81. The van der Waals surface area contributed by atoms with Crippen LogP contribution in [0.15, 0.2) is 24.3 Å². The molecule has 1 heterocycles. The minimum atomic E-state index is -1.01. The summed E-state index contributed by atoms with van der Waals surface area (Å²) in [5.41, 5.74) is 1.09. The van der Waals surface area contributed by atoms with Gasteiger partial charge in [0.05, 0.1) is 12.8 Å². The van der Waals surface area contributed by atoms with Crippen LogP contribution in [0, 0.1) is 0 Å². The van der Waals surface area contributed by atoms with Gasteiger partial charge < -0.3 is 14.6 Å². The number of esters is 1. The average molecular weight is 250 g/mol. The number of rotatable bonds is 4. The Morgan fingerprint density at radius 2 is 2.11 bits per heavy atom. The van der Waals surface area contributed by atoms with Crippen LogP contribution in [0.3, 0.4) is 0 Å². The Morgan fingerprint density at radius 1 is 1.33 bits per heavy atom. The SMILES string of the molecule is O=C(O)CCC(=O)OC1CCc2ccccc2O1. The Balaban J connectivity index is 1.86. The maximum absolute atomic E-state index is 11.4. The number of carbonyl (C=O) groups excluding carboxylic acids is 1. The quantitative estimate of drug-likeness (QED) is 0.824. The molecule has 2 rings (SSSR count). The van der Waals surface area contributed by atoms with Crippen LogP contribution in [0.25, 0.3) is 0 Å². The summed E-state index contributed by atoms with van der Waals surface area (Å²) in [6.07, 6.45) is 0.420. The van der Waals surface area contributed by atoms with Crippen molar-refractivity contribution in [1.82, 2.24) is 0 Å². The van der Waals surface area contributed by atoms with Gasteiger partial charge in [0, 0.05) is 6.42 Å². The van der Waals surface area contributed by atoms with E-state index in [1.807, 2.05) is 24.3 Å². The number of ether oxygens (including phenoxy) is 2. The maximum Gasteiger partial charge on any atom is 0.309 e. The second-order valence-corrected chi connectivity index (χ2v) is 4.08. The third-order valence-corrected chi connectivity index (χ3v) is 2.69. The van der Waals surface area contributed by atoms with Crippen molar-refractivity contribution in [2.75, 3.05) is 0 Å². The van der Waals surface area contributed by atoms with Crippen LogP contribution in [-0.4, -0.2) is 23.3 Å². The highest BCUT2D eigenvalue weighted by Gasteiger charge is 2.22. The van der Waals surface area contributed by atoms with E-state index in [0.29, 0.717) is 6.42 Å². The summed E-state index contributed by atoms with van der Waals surface area (Å²) >= 11 is 0. The van der Waals surface area contributed by atoms with Crippen molar-refractivity contribution in [2.45, 2.75) is 32.0 Å². The average Bonchev–Trinajstić information content (AvgIpc) is 2.36. The number of carboxylic acid groups (broad SMARTS) is 1. The molecular formula is C13H14O5. The molecule has 1 aliphatic heterocycles. The molecule has 0 radical (unpaired) electrons. The summed E-state index contributed by atoms with van der Waals surface area (Å²) in [4.78, 5) is 21.7. The fourth-order valence-electron chi connectivity index (χ4n) is 1.80. The number of carbonyl (C=O) groups is 2. The third-order valence-electron chi connectivity index (χ3n) is 2.69. The molecule has 96 valence electrons. The molecule has 0 aromatic heterocycles. The molecule has 5 heteroatoms. The summed E-state index contributed by atoms with van der Waals surface area (Å²) in [7, 11) is 0. The van der Waals surface area contributed by atoms with E-state index in [0.717, 1.165) is 17.7 Å². The van der Waals surface area contributed by atoms with Gasteiger partial charge in [-0.1, -0.05) is 18.2 Å². The Morgan fingerprint density at radius 3 is 2.89 bits per heavy atom. The monoisotopic (exact) mass is 250 g/mol.